The Morgan fingerprint density at radius 1 is 1.43 bits per heavy atom. The molecule has 1 saturated carbocycles. The van der Waals surface area contributed by atoms with Gasteiger partial charge in [-0.2, -0.15) is 0 Å². The Bertz CT molecular complexity index is 448. The molecular weight excluding hydrogens is 328 g/mol. The summed E-state index contributed by atoms with van der Waals surface area (Å²) in [5, 5.41) is 3.44. The van der Waals surface area contributed by atoms with Crippen LogP contribution in [0.3, 0.4) is 0 Å². The van der Waals surface area contributed by atoms with E-state index in [2.05, 4.69) is 65.2 Å². The Kier molecular flexibility index (Phi) is 6.52. The van der Waals surface area contributed by atoms with Gasteiger partial charge in [-0.05, 0) is 65.9 Å². The second-order valence-corrected chi connectivity index (χ2v) is 6.78. The van der Waals surface area contributed by atoms with Crippen molar-refractivity contribution in [3.8, 4) is 0 Å². The topological polar surface area (TPSA) is 24.5 Å². The molecule has 0 bridgehead atoms. The summed E-state index contributed by atoms with van der Waals surface area (Å²) < 4.78 is 6.86. The highest BCUT2D eigenvalue weighted by Gasteiger charge is 2.21. The quantitative estimate of drug-likeness (QED) is 0.678. The van der Waals surface area contributed by atoms with Crippen molar-refractivity contribution in [3.05, 3.63) is 28.2 Å². The monoisotopic (exact) mass is 354 g/mol. The van der Waals surface area contributed by atoms with Crippen LogP contribution >= 0.6 is 15.9 Å². The van der Waals surface area contributed by atoms with Crippen LogP contribution in [-0.2, 0) is 4.74 Å². The number of hydrogen-bond donors (Lipinski definition) is 1. The van der Waals surface area contributed by atoms with Crippen molar-refractivity contribution in [2.45, 2.75) is 32.7 Å². The van der Waals surface area contributed by atoms with E-state index in [4.69, 9.17) is 4.74 Å². The lowest BCUT2D eigenvalue weighted by Gasteiger charge is -2.22. The van der Waals surface area contributed by atoms with E-state index in [0.717, 1.165) is 36.7 Å². The largest absolute Gasteiger partial charge is 0.379 e. The van der Waals surface area contributed by atoms with Crippen LogP contribution in [0.25, 0.3) is 0 Å². The van der Waals surface area contributed by atoms with E-state index >= 15 is 0 Å². The second kappa shape index (κ2) is 8.16. The molecular formula is C17H27BrN2O. The molecule has 0 amide bonds. The van der Waals surface area contributed by atoms with Crippen LogP contribution in [-0.4, -0.2) is 33.4 Å². The summed E-state index contributed by atoms with van der Waals surface area (Å²) in [7, 11) is 2.12. The Balaban J connectivity index is 1.85. The van der Waals surface area contributed by atoms with Gasteiger partial charge < -0.3 is 15.0 Å². The molecule has 1 unspecified atom stereocenters. The first-order chi connectivity index (χ1) is 10.1. The van der Waals surface area contributed by atoms with Crippen LogP contribution in [0.15, 0.2) is 22.7 Å². The van der Waals surface area contributed by atoms with E-state index in [9.17, 15) is 0 Å². The summed E-state index contributed by atoms with van der Waals surface area (Å²) in [6.45, 7) is 7.98. The molecule has 0 radical (unpaired) electrons. The normalized spacial score (nSPS) is 16.0. The highest BCUT2D eigenvalue weighted by Crippen LogP contribution is 2.30. The zero-order chi connectivity index (χ0) is 15.2. The maximum atomic E-state index is 5.72. The molecule has 118 valence electrons. The lowest BCUT2D eigenvalue weighted by Crippen LogP contribution is -2.23. The molecule has 1 fully saturated rings. The van der Waals surface area contributed by atoms with Gasteiger partial charge in [-0.3, -0.25) is 0 Å². The molecule has 0 heterocycles. The molecule has 0 aliphatic heterocycles. The second-order valence-electron chi connectivity index (χ2n) is 5.93. The van der Waals surface area contributed by atoms with Crippen LogP contribution in [0.5, 0.6) is 0 Å². The molecule has 0 spiro atoms. The first-order valence-electron chi connectivity index (χ1n) is 7.93. The summed E-state index contributed by atoms with van der Waals surface area (Å²) in [4.78, 5) is 2.25. The molecule has 1 N–H and O–H groups in total. The minimum Gasteiger partial charge on any atom is -0.379 e. The van der Waals surface area contributed by atoms with E-state index in [1.807, 2.05) is 0 Å². The maximum absolute atomic E-state index is 5.72. The third kappa shape index (κ3) is 5.28. The number of rotatable bonds is 9. The van der Waals surface area contributed by atoms with Crippen molar-refractivity contribution in [1.82, 2.24) is 5.32 Å². The van der Waals surface area contributed by atoms with Gasteiger partial charge in [0.2, 0.25) is 0 Å². The summed E-state index contributed by atoms with van der Waals surface area (Å²) in [5.74, 6) is 0.842. The summed E-state index contributed by atoms with van der Waals surface area (Å²) in [6.07, 6.45) is 2.71. The van der Waals surface area contributed by atoms with Crippen molar-refractivity contribution in [2.24, 2.45) is 5.92 Å². The average molecular weight is 355 g/mol. The van der Waals surface area contributed by atoms with Crippen molar-refractivity contribution < 1.29 is 4.74 Å². The fraction of sp³-hybridized carbons (Fsp3) is 0.647. The van der Waals surface area contributed by atoms with Gasteiger partial charge in [-0.1, -0.05) is 13.0 Å². The van der Waals surface area contributed by atoms with Gasteiger partial charge in [0.25, 0.3) is 0 Å². The molecule has 2 rings (SSSR count). The van der Waals surface area contributed by atoms with Crippen molar-refractivity contribution in [2.75, 3.05) is 38.3 Å². The number of nitrogens with one attached hydrogen (secondary N) is 1. The molecule has 21 heavy (non-hydrogen) atoms. The number of ether oxygens (including phenoxy) is 1. The third-order valence-corrected chi connectivity index (χ3v) is 4.65. The van der Waals surface area contributed by atoms with Crippen molar-refractivity contribution in [1.29, 1.82) is 0 Å². The van der Waals surface area contributed by atoms with Crippen LogP contribution in [0.2, 0.25) is 0 Å². The van der Waals surface area contributed by atoms with Gasteiger partial charge in [0.15, 0.2) is 0 Å². The first-order valence-corrected chi connectivity index (χ1v) is 8.72. The molecule has 0 aromatic heterocycles. The number of hydrogen-bond acceptors (Lipinski definition) is 3. The van der Waals surface area contributed by atoms with Crippen molar-refractivity contribution >= 4 is 21.6 Å². The molecule has 1 aromatic rings. The predicted octanol–water partition coefficient (Wildman–Crippen LogP) is 3.98. The number of halogens is 1. The summed E-state index contributed by atoms with van der Waals surface area (Å²) >= 11 is 3.70. The molecule has 3 nitrogen and oxygen atoms in total. The first kappa shape index (κ1) is 16.8. The minimum atomic E-state index is 0.382. The lowest BCUT2D eigenvalue weighted by molar-refractivity contribution is 0.131. The predicted molar refractivity (Wildman–Crippen MR) is 93.0 cm³/mol. The van der Waals surface area contributed by atoms with Crippen molar-refractivity contribution in [3.63, 3.8) is 0 Å². The summed E-state index contributed by atoms with van der Waals surface area (Å²) in [6, 6.07) is 6.99. The summed E-state index contributed by atoms with van der Waals surface area (Å²) in [5.41, 5.74) is 2.53. The average Bonchev–Trinajstić information content (AvgIpc) is 3.27. The maximum Gasteiger partial charge on any atom is 0.0641 e. The molecule has 4 heteroatoms. The van der Waals surface area contributed by atoms with E-state index in [1.54, 1.807) is 0 Å². The van der Waals surface area contributed by atoms with Gasteiger partial charge in [-0.25, -0.2) is 0 Å². The smallest absolute Gasteiger partial charge is 0.0641 e. The number of nitrogens with zero attached hydrogens (tertiary/aromatic N) is 1. The van der Waals surface area contributed by atoms with Gasteiger partial charge in [0, 0.05) is 30.7 Å². The molecule has 1 aliphatic carbocycles. The molecule has 1 aromatic carbocycles. The van der Waals surface area contributed by atoms with Gasteiger partial charge in [0.1, 0.15) is 0 Å². The van der Waals surface area contributed by atoms with Crippen LogP contribution in [0.1, 0.15) is 38.3 Å². The van der Waals surface area contributed by atoms with E-state index in [0.29, 0.717) is 6.04 Å². The number of benzene rings is 1. The fourth-order valence-electron chi connectivity index (χ4n) is 2.38. The fourth-order valence-corrected chi connectivity index (χ4v) is 3.08. The third-order valence-electron chi connectivity index (χ3n) is 4.01. The van der Waals surface area contributed by atoms with Gasteiger partial charge in [-0.15, -0.1) is 0 Å². The Hall–Kier alpha value is -0.580. The molecule has 1 atom stereocenters. The number of anilines is 1. The van der Waals surface area contributed by atoms with Crippen LogP contribution in [0.4, 0.5) is 5.69 Å². The van der Waals surface area contributed by atoms with Gasteiger partial charge in [0.05, 0.1) is 12.3 Å². The zero-order valence-corrected chi connectivity index (χ0v) is 14.9. The Morgan fingerprint density at radius 3 is 2.81 bits per heavy atom. The van der Waals surface area contributed by atoms with E-state index in [1.165, 1.54) is 24.1 Å². The molecule has 0 saturated heterocycles. The standard InChI is InChI=1S/C17H27BrN2O/c1-4-19-13(2)15-7-8-17(16(18)11-15)20(3)9-10-21-12-14-5-6-14/h7-8,11,13-14,19H,4-6,9-10,12H2,1-3H3. The van der Waals surface area contributed by atoms with E-state index < -0.39 is 0 Å². The Morgan fingerprint density at radius 2 is 2.19 bits per heavy atom. The number of likely N-dealkylation sites (N-methyl/N-ethyl adjacent to an activating group) is 1. The SMILES string of the molecule is CCNC(C)c1ccc(N(C)CCOCC2CC2)c(Br)c1. The van der Waals surface area contributed by atoms with Crippen LogP contribution < -0.4 is 10.2 Å². The Labute approximate surface area is 137 Å². The lowest BCUT2D eigenvalue weighted by atomic mass is 10.1. The highest BCUT2D eigenvalue weighted by atomic mass is 79.9. The minimum absolute atomic E-state index is 0.382. The zero-order valence-electron chi connectivity index (χ0n) is 13.4. The molecule has 1 aliphatic rings. The van der Waals surface area contributed by atoms with Crippen LogP contribution in [0, 0.1) is 5.92 Å². The van der Waals surface area contributed by atoms with Gasteiger partial charge >= 0.3 is 0 Å². The highest BCUT2D eigenvalue weighted by molar-refractivity contribution is 9.10. The van der Waals surface area contributed by atoms with E-state index in [-0.39, 0.29) is 0 Å².